The highest BCUT2D eigenvalue weighted by Crippen LogP contribution is 2.14. The molecule has 118 valence electrons. The Kier molecular flexibility index (Phi) is 5.86. The maximum Gasteiger partial charge on any atom is 0.473 e. The number of amides is 1. The number of rotatable bonds is 8. The number of carbonyl (C=O) groups is 1. The second kappa shape index (κ2) is 7.61. The first kappa shape index (κ1) is 16.9. The van der Waals surface area contributed by atoms with Gasteiger partial charge in [-0.05, 0) is 12.1 Å². The summed E-state index contributed by atoms with van der Waals surface area (Å²) < 4.78 is 0. The van der Waals surface area contributed by atoms with Gasteiger partial charge in [-0.15, -0.1) is 0 Å². The van der Waals surface area contributed by atoms with E-state index in [-0.39, 0.29) is 5.69 Å². The molecule has 2 unspecified atom stereocenters. The van der Waals surface area contributed by atoms with Crippen LogP contribution in [0.3, 0.4) is 0 Å². The Morgan fingerprint density at radius 2 is 1.68 bits per heavy atom. The fourth-order valence-corrected chi connectivity index (χ4v) is 1.78. The number of nitro groups is 3. The summed E-state index contributed by atoms with van der Waals surface area (Å²) in [6, 6.07) is 4.11. The van der Waals surface area contributed by atoms with Gasteiger partial charge in [0.05, 0.1) is 6.42 Å². The molecule has 22 heavy (non-hydrogen) atoms. The lowest BCUT2D eigenvalue weighted by Crippen LogP contribution is -2.48. The third-order valence-electron chi connectivity index (χ3n) is 2.80. The molecule has 11 heteroatoms. The molecule has 0 aliphatic rings. The molecule has 0 spiro atoms. The van der Waals surface area contributed by atoms with Gasteiger partial charge in [0, 0.05) is 15.5 Å². The summed E-state index contributed by atoms with van der Waals surface area (Å²) in [7, 11) is 0. The highest BCUT2D eigenvalue weighted by molar-refractivity contribution is 5.78. The molecule has 0 bridgehead atoms. The molecule has 0 saturated heterocycles. The van der Waals surface area contributed by atoms with E-state index < -0.39 is 45.7 Å². The van der Waals surface area contributed by atoms with Crippen LogP contribution in [0, 0.1) is 30.3 Å². The summed E-state index contributed by atoms with van der Waals surface area (Å²) in [4.78, 5) is 40.7. The second-order valence-corrected chi connectivity index (χ2v) is 4.28. The maximum atomic E-state index is 11.6. The van der Waals surface area contributed by atoms with Crippen LogP contribution < -0.4 is 5.32 Å². The zero-order valence-electron chi connectivity index (χ0n) is 11.2. The Balaban J connectivity index is 3.05. The number of para-hydroxylation sites is 1. The van der Waals surface area contributed by atoms with Crippen molar-refractivity contribution in [2.45, 2.75) is 18.5 Å². The monoisotopic (exact) mass is 312 g/mol. The standard InChI is InChI=1S/C11H12N4O7/c16-11(15(21)22)10(12-8-4-2-1-3-5-8)9(14(19)20)6-7-13(17)18/h1-5,9-10,12H,6-7H2. The SMILES string of the molecule is O=C(C(Nc1ccccc1)C(CC[N+](=O)[O-])[N+](=O)[O-])[N+](=O)[O-]. The summed E-state index contributed by atoms with van der Waals surface area (Å²) in [6.07, 6.45) is -0.607. The van der Waals surface area contributed by atoms with E-state index in [2.05, 4.69) is 5.32 Å². The van der Waals surface area contributed by atoms with E-state index in [1.165, 1.54) is 12.1 Å². The van der Waals surface area contributed by atoms with Crippen molar-refractivity contribution in [3.05, 3.63) is 60.7 Å². The van der Waals surface area contributed by atoms with Crippen LogP contribution in [0.15, 0.2) is 30.3 Å². The first-order valence-corrected chi connectivity index (χ1v) is 6.08. The van der Waals surface area contributed by atoms with Gasteiger partial charge in [0.2, 0.25) is 12.6 Å². The Hall–Kier alpha value is -3.11. The van der Waals surface area contributed by atoms with E-state index in [0.717, 1.165) is 0 Å². The smallest absolute Gasteiger partial charge is 0.364 e. The van der Waals surface area contributed by atoms with Crippen molar-refractivity contribution in [3.8, 4) is 0 Å². The first-order chi connectivity index (χ1) is 10.3. The van der Waals surface area contributed by atoms with Crippen LogP contribution in [-0.2, 0) is 4.79 Å². The predicted octanol–water partition coefficient (Wildman–Crippen LogP) is 0.582. The largest absolute Gasteiger partial charge is 0.473 e. The van der Waals surface area contributed by atoms with E-state index >= 15 is 0 Å². The molecule has 0 aromatic heterocycles. The van der Waals surface area contributed by atoms with Crippen molar-refractivity contribution in [3.63, 3.8) is 0 Å². The van der Waals surface area contributed by atoms with Crippen LogP contribution in [0.5, 0.6) is 0 Å². The van der Waals surface area contributed by atoms with Crippen LogP contribution in [0.4, 0.5) is 5.69 Å². The second-order valence-electron chi connectivity index (χ2n) is 4.28. The molecule has 0 radical (unpaired) electrons. The van der Waals surface area contributed by atoms with Crippen LogP contribution in [0.2, 0.25) is 0 Å². The average Bonchev–Trinajstić information content (AvgIpc) is 2.45. The molecule has 1 N–H and O–H groups in total. The van der Waals surface area contributed by atoms with E-state index in [1.54, 1.807) is 18.2 Å². The third kappa shape index (κ3) is 4.77. The molecule has 0 aliphatic carbocycles. The molecular formula is C11H12N4O7. The lowest BCUT2D eigenvalue weighted by Gasteiger charge is -2.17. The van der Waals surface area contributed by atoms with Crippen molar-refractivity contribution in [2.24, 2.45) is 0 Å². The van der Waals surface area contributed by atoms with Crippen molar-refractivity contribution < 1.29 is 19.6 Å². The molecule has 11 nitrogen and oxygen atoms in total. The predicted molar refractivity (Wildman–Crippen MR) is 73.1 cm³/mol. The van der Waals surface area contributed by atoms with Crippen LogP contribution >= 0.6 is 0 Å². The van der Waals surface area contributed by atoms with Gasteiger partial charge in [0.1, 0.15) is 4.92 Å². The molecule has 0 fully saturated rings. The fraction of sp³-hybridized carbons (Fsp3) is 0.364. The average molecular weight is 312 g/mol. The Bertz CT molecular complexity index is 577. The van der Waals surface area contributed by atoms with Crippen LogP contribution in [0.25, 0.3) is 0 Å². The van der Waals surface area contributed by atoms with Gasteiger partial charge in [-0.25, -0.2) is 4.79 Å². The summed E-state index contributed by atoms with van der Waals surface area (Å²) in [5.74, 6) is -1.62. The highest BCUT2D eigenvalue weighted by Gasteiger charge is 2.44. The highest BCUT2D eigenvalue weighted by atomic mass is 16.6. The van der Waals surface area contributed by atoms with Gasteiger partial charge < -0.3 is 5.32 Å². The van der Waals surface area contributed by atoms with E-state index in [9.17, 15) is 35.1 Å². The van der Waals surface area contributed by atoms with Crippen molar-refractivity contribution in [1.29, 1.82) is 0 Å². The zero-order chi connectivity index (χ0) is 16.7. The number of hydrogen-bond donors (Lipinski definition) is 1. The lowest BCUT2D eigenvalue weighted by molar-refractivity contribution is -0.544. The van der Waals surface area contributed by atoms with Gasteiger partial charge in [-0.2, -0.15) is 0 Å². The van der Waals surface area contributed by atoms with Gasteiger partial charge >= 0.3 is 5.91 Å². The molecule has 1 amide bonds. The van der Waals surface area contributed by atoms with Crippen LogP contribution in [-0.4, -0.2) is 39.3 Å². The lowest BCUT2D eigenvalue weighted by atomic mass is 10.0. The van der Waals surface area contributed by atoms with E-state index in [0.29, 0.717) is 0 Å². The van der Waals surface area contributed by atoms with Crippen molar-refractivity contribution >= 4 is 11.6 Å². The normalized spacial score (nSPS) is 12.9. The van der Waals surface area contributed by atoms with Gasteiger partial charge in [-0.1, -0.05) is 18.2 Å². The Morgan fingerprint density at radius 3 is 2.14 bits per heavy atom. The van der Waals surface area contributed by atoms with Crippen LogP contribution in [0.1, 0.15) is 6.42 Å². The Labute approximate surface area is 123 Å². The third-order valence-corrected chi connectivity index (χ3v) is 2.80. The molecule has 0 aliphatic heterocycles. The minimum absolute atomic E-state index is 0.260. The summed E-state index contributed by atoms with van der Waals surface area (Å²) in [5, 5.41) is 34.5. The summed E-state index contributed by atoms with van der Waals surface area (Å²) in [6.45, 7) is -0.774. The van der Waals surface area contributed by atoms with Crippen molar-refractivity contribution in [2.75, 3.05) is 11.9 Å². The molecule has 1 aromatic rings. The number of nitrogens with zero attached hydrogens (tertiary/aromatic N) is 3. The topological polar surface area (TPSA) is 159 Å². The van der Waals surface area contributed by atoms with Gasteiger partial charge in [0.25, 0.3) is 6.04 Å². The first-order valence-electron chi connectivity index (χ1n) is 6.08. The van der Waals surface area contributed by atoms with E-state index in [1.807, 2.05) is 0 Å². The minimum atomic E-state index is -1.80. The number of nitrogens with one attached hydrogen (secondary N) is 1. The number of carbonyl (C=O) groups excluding carboxylic acids is 1. The molecule has 0 heterocycles. The minimum Gasteiger partial charge on any atom is -0.364 e. The molecule has 1 aromatic carbocycles. The number of anilines is 1. The van der Waals surface area contributed by atoms with E-state index in [4.69, 9.17) is 0 Å². The quantitative estimate of drug-likeness (QED) is 0.539. The molecule has 1 rings (SSSR count). The maximum absolute atomic E-state index is 11.6. The fourth-order valence-electron chi connectivity index (χ4n) is 1.78. The van der Waals surface area contributed by atoms with Gasteiger partial charge in [0.15, 0.2) is 0 Å². The number of benzene rings is 1. The zero-order valence-corrected chi connectivity index (χ0v) is 11.2. The molecule has 0 saturated carbocycles. The molecular weight excluding hydrogens is 300 g/mol. The van der Waals surface area contributed by atoms with Gasteiger partial charge in [-0.3, -0.25) is 30.3 Å². The molecule has 2 atom stereocenters. The summed E-state index contributed by atoms with van der Waals surface area (Å²) >= 11 is 0. The Morgan fingerprint density at radius 1 is 1.09 bits per heavy atom. The van der Waals surface area contributed by atoms with Crippen molar-refractivity contribution in [1.82, 2.24) is 0 Å². The number of hydrogen-bond acceptors (Lipinski definition) is 8. The summed E-state index contributed by atoms with van der Waals surface area (Å²) in [5.41, 5.74) is 0.260.